The van der Waals surface area contributed by atoms with E-state index in [-0.39, 0.29) is 17.4 Å². The third-order valence-electron chi connectivity index (χ3n) is 4.34. The molecule has 3 heterocycles. The predicted molar refractivity (Wildman–Crippen MR) is 97.7 cm³/mol. The summed E-state index contributed by atoms with van der Waals surface area (Å²) in [5.74, 6) is -0.628. The van der Waals surface area contributed by atoms with E-state index in [1.54, 1.807) is 24.0 Å². The van der Waals surface area contributed by atoms with Gasteiger partial charge < -0.3 is 19.4 Å². The standard InChI is InChI=1S/C19H18N4O4/c1-12-10-21-14(11-20-12)18(24)22-16-13-4-2-3-5-15(13)27-17(16)19(25)23-6-8-26-9-7-23/h2-5,10-11H,6-9H2,1H3,(H,22,24). The number of morpholine rings is 1. The highest BCUT2D eigenvalue weighted by Crippen LogP contribution is 2.32. The Bertz CT molecular complexity index is 991. The zero-order valence-electron chi connectivity index (χ0n) is 14.8. The van der Waals surface area contributed by atoms with Crippen molar-refractivity contribution < 1.29 is 18.7 Å². The first-order valence-electron chi connectivity index (χ1n) is 8.62. The molecule has 8 nitrogen and oxygen atoms in total. The second kappa shape index (κ2) is 7.16. The summed E-state index contributed by atoms with van der Waals surface area (Å²) in [6.45, 7) is 3.70. The molecule has 138 valence electrons. The quantitative estimate of drug-likeness (QED) is 0.764. The average Bonchev–Trinajstić information content (AvgIpc) is 3.07. The van der Waals surface area contributed by atoms with Gasteiger partial charge in [-0.25, -0.2) is 4.98 Å². The van der Waals surface area contributed by atoms with Crippen molar-refractivity contribution in [2.75, 3.05) is 31.6 Å². The molecule has 1 aliphatic heterocycles. The second-order valence-electron chi connectivity index (χ2n) is 6.20. The molecule has 2 aromatic heterocycles. The molecule has 1 aromatic carbocycles. The maximum atomic E-state index is 13.0. The highest BCUT2D eigenvalue weighted by atomic mass is 16.5. The molecular formula is C19H18N4O4. The Morgan fingerprint density at radius 1 is 1.11 bits per heavy atom. The number of ether oxygens (including phenoxy) is 1. The largest absolute Gasteiger partial charge is 0.449 e. The van der Waals surface area contributed by atoms with Crippen molar-refractivity contribution in [2.24, 2.45) is 0 Å². The summed E-state index contributed by atoms with van der Waals surface area (Å²) >= 11 is 0. The van der Waals surface area contributed by atoms with Crippen molar-refractivity contribution in [1.29, 1.82) is 0 Å². The first kappa shape index (κ1) is 17.2. The minimum atomic E-state index is -0.454. The molecular weight excluding hydrogens is 348 g/mol. The highest BCUT2D eigenvalue weighted by molar-refractivity contribution is 6.13. The van der Waals surface area contributed by atoms with Gasteiger partial charge in [0, 0.05) is 24.7 Å². The van der Waals surface area contributed by atoms with E-state index < -0.39 is 5.91 Å². The zero-order valence-corrected chi connectivity index (χ0v) is 14.8. The number of furan rings is 1. The lowest BCUT2D eigenvalue weighted by Gasteiger charge is -2.26. The predicted octanol–water partition coefficient (Wildman–Crippen LogP) is 2.26. The van der Waals surface area contributed by atoms with Crippen LogP contribution in [0.15, 0.2) is 41.1 Å². The van der Waals surface area contributed by atoms with Crippen LogP contribution in [-0.4, -0.2) is 53.0 Å². The summed E-state index contributed by atoms with van der Waals surface area (Å²) in [5.41, 5.74) is 1.74. The molecule has 0 spiro atoms. The lowest BCUT2D eigenvalue weighted by molar-refractivity contribution is 0.0285. The molecule has 0 atom stereocenters. The van der Waals surface area contributed by atoms with Crippen LogP contribution in [0.2, 0.25) is 0 Å². The normalized spacial score (nSPS) is 14.3. The molecule has 0 radical (unpaired) electrons. The summed E-state index contributed by atoms with van der Waals surface area (Å²) in [4.78, 5) is 35.4. The number of para-hydroxylation sites is 1. The van der Waals surface area contributed by atoms with Crippen LogP contribution in [0.25, 0.3) is 11.0 Å². The Balaban J connectivity index is 1.70. The average molecular weight is 366 g/mol. The van der Waals surface area contributed by atoms with Crippen LogP contribution in [0.5, 0.6) is 0 Å². The monoisotopic (exact) mass is 366 g/mol. The van der Waals surface area contributed by atoms with Crippen molar-refractivity contribution in [3.05, 3.63) is 53.8 Å². The Morgan fingerprint density at radius 2 is 1.89 bits per heavy atom. The van der Waals surface area contributed by atoms with Crippen LogP contribution in [0.4, 0.5) is 5.69 Å². The number of nitrogens with zero attached hydrogens (tertiary/aromatic N) is 3. The summed E-state index contributed by atoms with van der Waals surface area (Å²) < 4.78 is 11.1. The Morgan fingerprint density at radius 3 is 2.63 bits per heavy atom. The van der Waals surface area contributed by atoms with Crippen molar-refractivity contribution in [1.82, 2.24) is 14.9 Å². The molecule has 1 aliphatic rings. The molecule has 0 bridgehead atoms. The summed E-state index contributed by atoms with van der Waals surface area (Å²) in [6, 6.07) is 7.19. The van der Waals surface area contributed by atoms with Crippen molar-refractivity contribution in [3.63, 3.8) is 0 Å². The Hall–Kier alpha value is -3.26. The lowest BCUT2D eigenvalue weighted by Crippen LogP contribution is -2.40. The van der Waals surface area contributed by atoms with E-state index >= 15 is 0 Å². The van der Waals surface area contributed by atoms with Crippen molar-refractivity contribution in [2.45, 2.75) is 6.92 Å². The van der Waals surface area contributed by atoms with Crippen LogP contribution in [0.3, 0.4) is 0 Å². The van der Waals surface area contributed by atoms with Crippen LogP contribution < -0.4 is 5.32 Å². The van der Waals surface area contributed by atoms with Gasteiger partial charge in [0.25, 0.3) is 11.8 Å². The molecule has 0 saturated carbocycles. The van der Waals surface area contributed by atoms with Gasteiger partial charge in [-0.15, -0.1) is 0 Å². The maximum absolute atomic E-state index is 13.0. The summed E-state index contributed by atoms with van der Waals surface area (Å²) in [6.07, 6.45) is 2.92. The van der Waals surface area contributed by atoms with E-state index in [1.807, 2.05) is 12.1 Å². The lowest BCUT2D eigenvalue weighted by atomic mass is 10.2. The Kier molecular flexibility index (Phi) is 4.55. The minimum Gasteiger partial charge on any atom is -0.449 e. The molecule has 1 saturated heterocycles. The van der Waals surface area contributed by atoms with Gasteiger partial charge >= 0.3 is 0 Å². The molecule has 4 rings (SSSR count). The third-order valence-corrected chi connectivity index (χ3v) is 4.34. The van der Waals surface area contributed by atoms with E-state index in [1.165, 1.54) is 12.4 Å². The highest BCUT2D eigenvalue weighted by Gasteiger charge is 2.27. The maximum Gasteiger partial charge on any atom is 0.291 e. The number of aromatic nitrogens is 2. The number of aryl methyl sites for hydroxylation is 1. The number of benzene rings is 1. The van der Waals surface area contributed by atoms with Gasteiger partial charge in [-0.3, -0.25) is 14.6 Å². The molecule has 1 fully saturated rings. The van der Waals surface area contributed by atoms with E-state index in [4.69, 9.17) is 9.15 Å². The molecule has 1 N–H and O–H groups in total. The first-order valence-corrected chi connectivity index (χ1v) is 8.62. The molecule has 3 aromatic rings. The van der Waals surface area contributed by atoms with E-state index in [2.05, 4.69) is 15.3 Å². The number of carbonyl (C=O) groups is 2. The number of hydrogen-bond donors (Lipinski definition) is 1. The van der Waals surface area contributed by atoms with Gasteiger partial charge in [-0.2, -0.15) is 0 Å². The number of hydrogen-bond acceptors (Lipinski definition) is 6. The summed E-state index contributed by atoms with van der Waals surface area (Å²) in [7, 11) is 0. The van der Waals surface area contributed by atoms with Crippen LogP contribution in [0, 0.1) is 6.92 Å². The molecule has 2 amide bonds. The first-order chi connectivity index (χ1) is 13.1. The van der Waals surface area contributed by atoms with Gasteiger partial charge in [0.15, 0.2) is 0 Å². The summed E-state index contributed by atoms with van der Waals surface area (Å²) in [5, 5.41) is 3.43. The number of anilines is 1. The molecule has 0 aliphatic carbocycles. The van der Waals surface area contributed by atoms with Gasteiger partial charge in [-0.1, -0.05) is 12.1 Å². The van der Waals surface area contributed by atoms with E-state index in [9.17, 15) is 9.59 Å². The SMILES string of the molecule is Cc1cnc(C(=O)Nc2c(C(=O)N3CCOCC3)oc3ccccc23)cn1. The molecule has 0 unspecified atom stereocenters. The topological polar surface area (TPSA) is 97.6 Å². The van der Waals surface area contributed by atoms with Gasteiger partial charge in [-0.05, 0) is 19.1 Å². The van der Waals surface area contributed by atoms with Crippen LogP contribution in [0.1, 0.15) is 26.7 Å². The fourth-order valence-electron chi connectivity index (χ4n) is 2.92. The minimum absolute atomic E-state index is 0.103. The third kappa shape index (κ3) is 3.39. The fourth-order valence-corrected chi connectivity index (χ4v) is 2.92. The van der Waals surface area contributed by atoms with E-state index in [0.29, 0.717) is 48.7 Å². The van der Waals surface area contributed by atoms with Crippen molar-refractivity contribution in [3.8, 4) is 0 Å². The van der Waals surface area contributed by atoms with Crippen LogP contribution >= 0.6 is 0 Å². The Labute approximate surface area is 155 Å². The molecule has 27 heavy (non-hydrogen) atoms. The van der Waals surface area contributed by atoms with E-state index in [0.717, 1.165) is 0 Å². The van der Waals surface area contributed by atoms with Crippen LogP contribution in [-0.2, 0) is 4.74 Å². The molecule has 8 heteroatoms. The second-order valence-corrected chi connectivity index (χ2v) is 6.20. The number of rotatable bonds is 3. The van der Waals surface area contributed by atoms with Gasteiger partial charge in [0.1, 0.15) is 17.0 Å². The van der Waals surface area contributed by atoms with Crippen molar-refractivity contribution >= 4 is 28.5 Å². The van der Waals surface area contributed by atoms with Gasteiger partial charge in [0.05, 0.1) is 25.1 Å². The van der Waals surface area contributed by atoms with Gasteiger partial charge in [0.2, 0.25) is 5.76 Å². The fraction of sp³-hybridized carbons (Fsp3) is 0.263. The number of nitrogens with one attached hydrogen (secondary N) is 1. The number of carbonyl (C=O) groups excluding carboxylic acids is 2. The smallest absolute Gasteiger partial charge is 0.291 e. The number of fused-ring (bicyclic) bond motifs is 1. The zero-order chi connectivity index (χ0) is 18.8. The number of amides is 2.